The molecule has 2 unspecified atom stereocenters. The third kappa shape index (κ3) is 6.73. The lowest BCUT2D eigenvalue weighted by molar-refractivity contribution is -0.134. The zero-order valence-corrected chi connectivity index (χ0v) is 24.6. The fraction of sp³-hybridized carbons (Fsp3) is 0.111. The Labute approximate surface area is 254 Å². The Balaban J connectivity index is 1.48. The lowest BCUT2D eigenvalue weighted by atomic mass is 9.91. The standard InChI is InChI=1S/C36H28Cl2O4/c1-23(37)35(39)41-27-17-11-25(12-18-27)15-21-33-29-7-3-5-9-31(29)34(32-10-6-4-8-30(32)33)22-16-26-13-19-28(20-14-26)42-36(40)24(2)38/h3-24H,1-2H3/b21-15+,22-16+. The Morgan fingerprint density at radius 3 is 1.12 bits per heavy atom. The van der Waals surface area contributed by atoms with E-state index in [1.165, 1.54) is 0 Å². The van der Waals surface area contributed by atoms with Gasteiger partial charge in [-0.05, 0) is 81.9 Å². The molecular weight excluding hydrogens is 567 g/mol. The van der Waals surface area contributed by atoms with Crippen LogP contribution in [0.1, 0.15) is 36.1 Å². The van der Waals surface area contributed by atoms with Crippen molar-refractivity contribution in [2.24, 2.45) is 0 Å². The summed E-state index contributed by atoms with van der Waals surface area (Å²) < 4.78 is 10.6. The molecule has 0 heterocycles. The van der Waals surface area contributed by atoms with Crippen LogP contribution in [0.25, 0.3) is 45.8 Å². The van der Waals surface area contributed by atoms with Gasteiger partial charge in [0, 0.05) is 0 Å². The Morgan fingerprint density at radius 1 is 0.524 bits per heavy atom. The summed E-state index contributed by atoms with van der Waals surface area (Å²) >= 11 is 11.6. The average molecular weight is 596 g/mol. The molecule has 42 heavy (non-hydrogen) atoms. The zero-order chi connectivity index (χ0) is 29.6. The molecule has 0 aliphatic rings. The number of carbonyl (C=O) groups is 2. The molecule has 0 bridgehead atoms. The van der Waals surface area contributed by atoms with Crippen LogP contribution in [0.15, 0.2) is 97.1 Å². The minimum atomic E-state index is -0.707. The van der Waals surface area contributed by atoms with E-state index in [9.17, 15) is 9.59 Å². The summed E-state index contributed by atoms with van der Waals surface area (Å²) in [5.41, 5.74) is 4.18. The quantitative estimate of drug-likeness (QED) is 0.0590. The van der Waals surface area contributed by atoms with Crippen LogP contribution in [0.2, 0.25) is 0 Å². The van der Waals surface area contributed by atoms with Crippen molar-refractivity contribution < 1.29 is 19.1 Å². The third-order valence-electron chi connectivity index (χ3n) is 6.75. The molecule has 210 valence electrons. The molecule has 0 amide bonds. The number of hydrogen-bond donors (Lipinski definition) is 0. The number of hydrogen-bond acceptors (Lipinski definition) is 4. The van der Waals surface area contributed by atoms with E-state index in [-0.39, 0.29) is 0 Å². The number of esters is 2. The Bertz CT molecular complexity index is 1610. The SMILES string of the molecule is CC(Cl)C(=O)Oc1ccc(/C=C/c2c3ccccc3c(/C=C/c3ccc(OC(=O)C(C)Cl)cc3)c3ccccc23)cc1. The van der Waals surface area contributed by atoms with Gasteiger partial charge in [-0.1, -0.05) is 97.1 Å². The summed E-state index contributed by atoms with van der Waals surface area (Å²) in [5, 5.41) is 3.11. The van der Waals surface area contributed by atoms with Gasteiger partial charge in [-0.15, -0.1) is 23.2 Å². The minimum absolute atomic E-state index is 0.456. The highest BCUT2D eigenvalue weighted by Gasteiger charge is 2.13. The molecule has 0 spiro atoms. The first-order valence-corrected chi connectivity index (χ1v) is 14.4. The van der Waals surface area contributed by atoms with Crippen LogP contribution in [-0.2, 0) is 9.59 Å². The maximum atomic E-state index is 11.8. The van der Waals surface area contributed by atoms with Gasteiger partial charge in [0.25, 0.3) is 0 Å². The van der Waals surface area contributed by atoms with E-state index in [0.29, 0.717) is 11.5 Å². The van der Waals surface area contributed by atoms with E-state index in [1.807, 2.05) is 48.5 Å². The van der Waals surface area contributed by atoms with E-state index >= 15 is 0 Å². The number of fused-ring (bicyclic) bond motifs is 2. The molecule has 5 rings (SSSR count). The number of rotatable bonds is 8. The number of alkyl halides is 2. The smallest absolute Gasteiger partial charge is 0.329 e. The monoisotopic (exact) mass is 594 g/mol. The zero-order valence-electron chi connectivity index (χ0n) is 23.1. The van der Waals surface area contributed by atoms with Gasteiger partial charge >= 0.3 is 11.9 Å². The van der Waals surface area contributed by atoms with Crippen LogP contribution in [0.5, 0.6) is 11.5 Å². The van der Waals surface area contributed by atoms with Gasteiger partial charge in [0.1, 0.15) is 22.3 Å². The van der Waals surface area contributed by atoms with E-state index in [0.717, 1.165) is 43.8 Å². The van der Waals surface area contributed by atoms with Crippen LogP contribution in [0, 0.1) is 0 Å². The molecule has 0 saturated carbocycles. The predicted octanol–water partition coefficient (Wildman–Crippen LogP) is 9.40. The van der Waals surface area contributed by atoms with E-state index in [2.05, 4.69) is 48.6 Å². The largest absolute Gasteiger partial charge is 0.425 e. The number of ether oxygens (including phenoxy) is 2. The highest BCUT2D eigenvalue weighted by Crippen LogP contribution is 2.35. The summed E-state index contributed by atoms with van der Waals surface area (Å²) in [6, 6.07) is 31.4. The van der Waals surface area contributed by atoms with Crippen molar-refractivity contribution in [1.82, 2.24) is 0 Å². The van der Waals surface area contributed by atoms with Gasteiger partial charge in [-0.2, -0.15) is 0 Å². The van der Waals surface area contributed by atoms with Crippen LogP contribution in [-0.4, -0.2) is 22.7 Å². The Hall–Kier alpha value is -4.38. The summed E-state index contributed by atoms with van der Waals surface area (Å²) in [7, 11) is 0. The fourth-order valence-corrected chi connectivity index (χ4v) is 4.69. The van der Waals surface area contributed by atoms with Crippen molar-refractivity contribution in [3.8, 4) is 11.5 Å². The van der Waals surface area contributed by atoms with Crippen molar-refractivity contribution in [3.05, 3.63) is 119 Å². The molecule has 0 radical (unpaired) electrons. The van der Waals surface area contributed by atoms with Gasteiger partial charge in [0.05, 0.1) is 0 Å². The molecule has 5 aromatic rings. The van der Waals surface area contributed by atoms with Crippen LogP contribution in [0.3, 0.4) is 0 Å². The molecule has 0 N–H and O–H groups in total. The van der Waals surface area contributed by atoms with E-state index < -0.39 is 22.7 Å². The van der Waals surface area contributed by atoms with Crippen LogP contribution >= 0.6 is 23.2 Å². The molecule has 0 aliphatic carbocycles. The van der Waals surface area contributed by atoms with Crippen LogP contribution < -0.4 is 9.47 Å². The first-order valence-electron chi connectivity index (χ1n) is 13.5. The molecule has 0 aromatic heterocycles. The number of benzene rings is 5. The number of carbonyl (C=O) groups excluding carboxylic acids is 2. The highest BCUT2D eigenvalue weighted by molar-refractivity contribution is 6.30. The lowest BCUT2D eigenvalue weighted by Gasteiger charge is -2.13. The van der Waals surface area contributed by atoms with Gasteiger partial charge in [0.15, 0.2) is 0 Å². The Morgan fingerprint density at radius 2 is 0.833 bits per heavy atom. The highest BCUT2D eigenvalue weighted by atomic mass is 35.5. The van der Waals surface area contributed by atoms with Gasteiger partial charge in [0.2, 0.25) is 0 Å². The van der Waals surface area contributed by atoms with Gasteiger partial charge in [-0.3, -0.25) is 9.59 Å². The second kappa shape index (κ2) is 13.1. The number of halogens is 2. The first-order chi connectivity index (χ1) is 20.3. The second-order valence-corrected chi connectivity index (χ2v) is 11.1. The molecule has 0 aliphatic heterocycles. The van der Waals surface area contributed by atoms with Crippen molar-refractivity contribution in [1.29, 1.82) is 0 Å². The van der Waals surface area contributed by atoms with Gasteiger partial charge in [-0.25, -0.2) is 0 Å². The molecule has 0 fully saturated rings. The molecule has 4 nitrogen and oxygen atoms in total. The molecule has 6 heteroatoms. The topological polar surface area (TPSA) is 52.6 Å². The average Bonchev–Trinajstić information content (AvgIpc) is 3.00. The molecular formula is C36H28Cl2O4. The van der Waals surface area contributed by atoms with Crippen molar-refractivity contribution >= 4 is 81.0 Å². The second-order valence-electron chi connectivity index (χ2n) is 9.80. The fourth-order valence-electron chi connectivity index (χ4n) is 4.60. The summed E-state index contributed by atoms with van der Waals surface area (Å²) in [6.45, 7) is 3.16. The Kier molecular flexibility index (Phi) is 9.06. The molecule has 0 saturated heterocycles. The van der Waals surface area contributed by atoms with Crippen molar-refractivity contribution in [2.75, 3.05) is 0 Å². The lowest BCUT2D eigenvalue weighted by Crippen LogP contribution is -2.17. The maximum Gasteiger partial charge on any atom is 0.329 e. The minimum Gasteiger partial charge on any atom is -0.425 e. The summed E-state index contributed by atoms with van der Waals surface area (Å²) in [4.78, 5) is 23.6. The summed E-state index contributed by atoms with van der Waals surface area (Å²) in [5.74, 6) is -0.0487. The van der Waals surface area contributed by atoms with Crippen molar-refractivity contribution in [3.63, 3.8) is 0 Å². The first kappa shape index (κ1) is 29.1. The van der Waals surface area contributed by atoms with Gasteiger partial charge < -0.3 is 9.47 Å². The summed E-state index contributed by atoms with van der Waals surface area (Å²) in [6.07, 6.45) is 8.36. The molecule has 2 atom stereocenters. The van der Waals surface area contributed by atoms with E-state index in [1.54, 1.807) is 38.1 Å². The maximum absolute atomic E-state index is 11.8. The molecule has 5 aromatic carbocycles. The third-order valence-corrected chi connectivity index (χ3v) is 7.10. The predicted molar refractivity (Wildman–Crippen MR) is 174 cm³/mol. The van der Waals surface area contributed by atoms with Crippen molar-refractivity contribution in [2.45, 2.75) is 24.6 Å². The van der Waals surface area contributed by atoms with Crippen LogP contribution in [0.4, 0.5) is 0 Å². The normalized spacial score (nSPS) is 13.0. The van der Waals surface area contributed by atoms with E-state index in [4.69, 9.17) is 32.7 Å².